The van der Waals surface area contributed by atoms with E-state index in [9.17, 15) is 0 Å². The van der Waals surface area contributed by atoms with Gasteiger partial charge in [0.25, 0.3) is 0 Å². The molecule has 3 nitrogen and oxygen atoms in total. The maximum atomic E-state index is 4.31. The molecule has 0 N–H and O–H groups in total. The fraction of sp³-hybridized carbons (Fsp3) is 0.200. The molecule has 2 rings (SSSR count). The van der Waals surface area contributed by atoms with Crippen molar-refractivity contribution >= 4 is 15.9 Å². The van der Waals surface area contributed by atoms with E-state index in [1.807, 2.05) is 32.2 Å². The van der Waals surface area contributed by atoms with Crippen molar-refractivity contribution in [1.29, 1.82) is 0 Å². The maximum Gasteiger partial charge on any atom is 0.156 e. The second-order valence-corrected chi connectivity index (χ2v) is 4.11. The molecule has 0 radical (unpaired) electrons. The molecular formula is C10H10BrN3. The van der Waals surface area contributed by atoms with E-state index in [0.717, 1.165) is 21.5 Å². The van der Waals surface area contributed by atoms with E-state index < -0.39 is 0 Å². The molecule has 0 fully saturated rings. The van der Waals surface area contributed by atoms with Gasteiger partial charge in [0, 0.05) is 16.9 Å². The standard InChI is InChI=1S/C10H10BrN3/c1-7-5-9(11)6-12-10(7)14-4-3-8(2)13-14/h3-6H,1-2H3. The van der Waals surface area contributed by atoms with Crippen LogP contribution >= 0.6 is 15.9 Å². The molecule has 14 heavy (non-hydrogen) atoms. The quantitative estimate of drug-likeness (QED) is 0.781. The van der Waals surface area contributed by atoms with E-state index >= 15 is 0 Å². The van der Waals surface area contributed by atoms with Crippen molar-refractivity contribution in [3.05, 3.63) is 40.3 Å². The number of aryl methyl sites for hydroxylation is 2. The topological polar surface area (TPSA) is 30.7 Å². The molecule has 0 unspecified atom stereocenters. The van der Waals surface area contributed by atoms with Crippen LogP contribution in [-0.4, -0.2) is 14.8 Å². The third-order valence-corrected chi connectivity index (χ3v) is 2.39. The van der Waals surface area contributed by atoms with Crippen molar-refractivity contribution in [2.75, 3.05) is 0 Å². The van der Waals surface area contributed by atoms with Crippen LogP contribution in [0.2, 0.25) is 0 Å². The van der Waals surface area contributed by atoms with Crippen LogP contribution in [0.1, 0.15) is 11.3 Å². The third-order valence-electron chi connectivity index (χ3n) is 1.96. The Morgan fingerprint density at radius 1 is 1.36 bits per heavy atom. The Morgan fingerprint density at radius 3 is 2.71 bits per heavy atom. The molecule has 2 heterocycles. The fourth-order valence-electron chi connectivity index (χ4n) is 1.31. The van der Waals surface area contributed by atoms with Gasteiger partial charge in [0.2, 0.25) is 0 Å². The van der Waals surface area contributed by atoms with Gasteiger partial charge in [0.15, 0.2) is 5.82 Å². The first-order chi connectivity index (χ1) is 6.66. The number of hydrogen-bond donors (Lipinski definition) is 0. The van der Waals surface area contributed by atoms with E-state index in [1.54, 1.807) is 10.9 Å². The predicted octanol–water partition coefficient (Wildman–Crippen LogP) is 2.65. The van der Waals surface area contributed by atoms with Crippen LogP contribution in [0.3, 0.4) is 0 Å². The zero-order chi connectivity index (χ0) is 10.1. The van der Waals surface area contributed by atoms with E-state index in [1.165, 1.54) is 0 Å². The summed E-state index contributed by atoms with van der Waals surface area (Å²) in [5, 5.41) is 4.31. The second-order valence-electron chi connectivity index (χ2n) is 3.20. The van der Waals surface area contributed by atoms with Gasteiger partial charge in [-0.15, -0.1) is 0 Å². The summed E-state index contributed by atoms with van der Waals surface area (Å²) in [5.74, 6) is 0.876. The monoisotopic (exact) mass is 251 g/mol. The zero-order valence-corrected chi connectivity index (χ0v) is 9.62. The van der Waals surface area contributed by atoms with E-state index in [-0.39, 0.29) is 0 Å². The zero-order valence-electron chi connectivity index (χ0n) is 8.03. The van der Waals surface area contributed by atoms with Gasteiger partial charge in [-0.1, -0.05) is 0 Å². The molecule has 0 saturated carbocycles. The minimum Gasteiger partial charge on any atom is -0.236 e. The Hall–Kier alpha value is -1.16. The molecule has 0 aliphatic heterocycles. The summed E-state index contributed by atoms with van der Waals surface area (Å²) in [6.07, 6.45) is 3.69. The summed E-state index contributed by atoms with van der Waals surface area (Å²) in [6.45, 7) is 3.98. The highest BCUT2D eigenvalue weighted by Gasteiger charge is 2.03. The van der Waals surface area contributed by atoms with Crippen LogP contribution in [0.25, 0.3) is 5.82 Å². The van der Waals surface area contributed by atoms with Crippen molar-refractivity contribution in [2.24, 2.45) is 0 Å². The first-order valence-corrected chi connectivity index (χ1v) is 5.11. The molecule has 0 aliphatic carbocycles. The average molecular weight is 252 g/mol. The Labute approximate surface area is 90.9 Å². The predicted molar refractivity (Wildman–Crippen MR) is 58.5 cm³/mol. The highest BCUT2D eigenvalue weighted by atomic mass is 79.9. The van der Waals surface area contributed by atoms with Crippen molar-refractivity contribution in [3.8, 4) is 5.82 Å². The number of rotatable bonds is 1. The normalized spacial score (nSPS) is 10.5. The van der Waals surface area contributed by atoms with Gasteiger partial charge in [-0.25, -0.2) is 9.67 Å². The molecule has 2 aromatic rings. The first kappa shape index (κ1) is 9.40. The summed E-state index contributed by atoms with van der Waals surface area (Å²) >= 11 is 3.38. The first-order valence-electron chi connectivity index (χ1n) is 4.31. The number of aromatic nitrogens is 3. The van der Waals surface area contributed by atoms with Crippen molar-refractivity contribution in [1.82, 2.24) is 14.8 Å². The summed E-state index contributed by atoms with van der Waals surface area (Å²) in [4.78, 5) is 4.31. The molecule has 0 amide bonds. The highest BCUT2D eigenvalue weighted by molar-refractivity contribution is 9.10. The molecule has 0 saturated heterocycles. The molecule has 0 spiro atoms. The van der Waals surface area contributed by atoms with Crippen LogP contribution in [0.4, 0.5) is 0 Å². The largest absolute Gasteiger partial charge is 0.236 e. The SMILES string of the molecule is Cc1ccn(-c2ncc(Br)cc2C)n1. The van der Waals surface area contributed by atoms with Gasteiger partial charge in [-0.05, 0) is 47.5 Å². The van der Waals surface area contributed by atoms with E-state index in [2.05, 4.69) is 26.0 Å². The molecule has 0 atom stereocenters. The molecular weight excluding hydrogens is 242 g/mol. The Kier molecular flexibility index (Phi) is 2.37. The molecule has 0 bridgehead atoms. The Bertz CT molecular complexity index is 462. The lowest BCUT2D eigenvalue weighted by molar-refractivity contribution is 0.823. The molecule has 0 aliphatic rings. The lowest BCUT2D eigenvalue weighted by Gasteiger charge is -2.04. The summed E-state index contributed by atoms with van der Waals surface area (Å²) in [5.41, 5.74) is 2.09. The van der Waals surface area contributed by atoms with Crippen LogP contribution in [-0.2, 0) is 0 Å². The molecule has 4 heteroatoms. The number of pyridine rings is 1. The summed E-state index contributed by atoms with van der Waals surface area (Å²) in [6, 6.07) is 3.99. The van der Waals surface area contributed by atoms with E-state index in [4.69, 9.17) is 0 Å². The minimum atomic E-state index is 0.876. The van der Waals surface area contributed by atoms with Crippen molar-refractivity contribution in [2.45, 2.75) is 13.8 Å². The number of nitrogens with zero attached hydrogens (tertiary/aromatic N) is 3. The Balaban J connectivity index is 2.52. The van der Waals surface area contributed by atoms with Crippen LogP contribution in [0.15, 0.2) is 29.0 Å². The third kappa shape index (κ3) is 1.70. The molecule has 0 aromatic carbocycles. The summed E-state index contributed by atoms with van der Waals surface area (Å²) < 4.78 is 2.78. The van der Waals surface area contributed by atoms with Crippen LogP contribution < -0.4 is 0 Å². The van der Waals surface area contributed by atoms with Gasteiger partial charge < -0.3 is 0 Å². The molecule has 2 aromatic heterocycles. The van der Waals surface area contributed by atoms with Gasteiger partial charge in [0.1, 0.15) is 0 Å². The summed E-state index contributed by atoms with van der Waals surface area (Å²) in [7, 11) is 0. The lowest BCUT2D eigenvalue weighted by Crippen LogP contribution is -2.00. The van der Waals surface area contributed by atoms with Crippen molar-refractivity contribution in [3.63, 3.8) is 0 Å². The van der Waals surface area contributed by atoms with Gasteiger partial charge in [-0.2, -0.15) is 5.10 Å². The smallest absolute Gasteiger partial charge is 0.156 e. The number of halogens is 1. The fourth-order valence-corrected chi connectivity index (χ4v) is 1.75. The van der Waals surface area contributed by atoms with Crippen LogP contribution in [0, 0.1) is 13.8 Å². The molecule has 72 valence electrons. The number of hydrogen-bond acceptors (Lipinski definition) is 2. The second kappa shape index (κ2) is 3.53. The Morgan fingerprint density at radius 2 is 2.14 bits per heavy atom. The maximum absolute atomic E-state index is 4.31. The van der Waals surface area contributed by atoms with Crippen molar-refractivity contribution < 1.29 is 0 Å². The highest BCUT2D eigenvalue weighted by Crippen LogP contribution is 2.15. The van der Waals surface area contributed by atoms with Crippen LogP contribution in [0.5, 0.6) is 0 Å². The van der Waals surface area contributed by atoms with Gasteiger partial charge in [0.05, 0.1) is 5.69 Å². The van der Waals surface area contributed by atoms with Gasteiger partial charge >= 0.3 is 0 Å². The van der Waals surface area contributed by atoms with Gasteiger partial charge in [-0.3, -0.25) is 0 Å². The minimum absolute atomic E-state index is 0.876. The lowest BCUT2D eigenvalue weighted by atomic mass is 10.3. The average Bonchev–Trinajstić information content (AvgIpc) is 2.51. The van der Waals surface area contributed by atoms with E-state index in [0.29, 0.717) is 0 Å².